The van der Waals surface area contributed by atoms with Crippen LogP contribution in [0.15, 0.2) is 42.0 Å². The molecule has 0 spiro atoms. The maximum atomic E-state index is 10.3. The Hall–Kier alpha value is -2.42. The van der Waals surface area contributed by atoms with E-state index in [1.165, 1.54) is 0 Å². The minimum atomic E-state index is 0.266. The maximum Gasteiger partial charge on any atom is 0.122 e. The fourth-order valence-electron chi connectivity index (χ4n) is 2.48. The summed E-state index contributed by atoms with van der Waals surface area (Å²) in [5.74, 6) is 1.37. The normalized spacial score (nSPS) is 11.6. The van der Waals surface area contributed by atoms with Crippen molar-refractivity contribution in [3.8, 4) is 17.2 Å². The van der Waals surface area contributed by atoms with Crippen LogP contribution in [-0.4, -0.2) is 16.8 Å². The summed E-state index contributed by atoms with van der Waals surface area (Å²) in [7, 11) is 0. The van der Waals surface area contributed by atoms with Crippen molar-refractivity contribution in [2.24, 2.45) is 0 Å². The third kappa shape index (κ3) is 3.86. The first-order chi connectivity index (χ1) is 10.9. The van der Waals surface area contributed by atoms with Crippen LogP contribution in [-0.2, 0) is 6.42 Å². The average molecular weight is 312 g/mol. The van der Waals surface area contributed by atoms with Crippen molar-refractivity contribution in [1.82, 2.24) is 0 Å². The van der Waals surface area contributed by atoms with Crippen LogP contribution < -0.4 is 4.74 Å². The molecule has 0 aliphatic heterocycles. The lowest BCUT2D eigenvalue weighted by Gasteiger charge is -2.15. The second-order valence-electron chi connectivity index (χ2n) is 5.91. The number of ether oxygens (including phenoxy) is 1. The first-order valence-electron chi connectivity index (χ1n) is 7.75. The molecule has 0 unspecified atom stereocenters. The summed E-state index contributed by atoms with van der Waals surface area (Å²) in [4.78, 5) is 0. The molecule has 2 aromatic rings. The fourth-order valence-corrected chi connectivity index (χ4v) is 2.48. The zero-order chi connectivity index (χ0) is 17.0. The smallest absolute Gasteiger partial charge is 0.122 e. The van der Waals surface area contributed by atoms with E-state index in [0.717, 1.165) is 33.6 Å². The average Bonchev–Trinajstić information content (AvgIpc) is 2.57. The largest absolute Gasteiger partial charge is 0.507 e. The highest BCUT2D eigenvalue weighted by Crippen LogP contribution is 2.36. The van der Waals surface area contributed by atoms with Crippen molar-refractivity contribution in [3.63, 3.8) is 0 Å². The molecule has 0 fully saturated rings. The highest BCUT2D eigenvalue weighted by atomic mass is 16.5. The van der Waals surface area contributed by atoms with Gasteiger partial charge in [0.15, 0.2) is 0 Å². The van der Waals surface area contributed by atoms with E-state index in [1.807, 2.05) is 64.1 Å². The molecule has 2 rings (SSSR count). The van der Waals surface area contributed by atoms with Gasteiger partial charge < -0.3 is 14.9 Å². The molecule has 23 heavy (non-hydrogen) atoms. The Morgan fingerprint density at radius 2 is 1.57 bits per heavy atom. The molecule has 0 radical (unpaired) electrons. The van der Waals surface area contributed by atoms with Gasteiger partial charge in [-0.25, -0.2) is 0 Å². The van der Waals surface area contributed by atoms with E-state index in [2.05, 4.69) is 0 Å². The minimum absolute atomic E-state index is 0.266. The lowest BCUT2D eigenvalue weighted by atomic mass is 9.95. The van der Waals surface area contributed by atoms with Gasteiger partial charge in [0.2, 0.25) is 0 Å². The quantitative estimate of drug-likeness (QED) is 0.627. The number of hydrogen-bond acceptors (Lipinski definition) is 3. The molecule has 0 amide bonds. The van der Waals surface area contributed by atoms with Gasteiger partial charge in [-0.3, -0.25) is 0 Å². The molecule has 0 saturated carbocycles. The summed E-state index contributed by atoms with van der Waals surface area (Å²) >= 11 is 0. The summed E-state index contributed by atoms with van der Waals surface area (Å²) in [6.07, 6.45) is 2.59. The summed E-state index contributed by atoms with van der Waals surface area (Å²) < 4.78 is 5.70. The van der Waals surface area contributed by atoms with E-state index in [-0.39, 0.29) is 11.5 Å². The first kappa shape index (κ1) is 16.9. The van der Waals surface area contributed by atoms with Crippen molar-refractivity contribution in [3.05, 3.63) is 64.2 Å². The Balaban J connectivity index is 2.10. The van der Waals surface area contributed by atoms with Gasteiger partial charge in [0.25, 0.3) is 0 Å². The van der Waals surface area contributed by atoms with Crippen molar-refractivity contribution in [2.75, 3.05) is 6.61 Å². The van der Waals surface area contributed by atoms with Crippen LogP contribution in [0.25, 0.3) is 0 Å². The topological polar surface area (TPSA) is 49.7 Å². The third-order valence-corrected chi connectivity index (χ3v) is 4.23. The molecular formula is C20H24O3. The van der Waals surface area contributed by atoms with Crippen molar-refractivity contribution < 1.29 is 14.9 Å². The molecule has 3 nitrogen and oxygen atoms in total. The predicted molar refractivity (Wildman–Crippen MR) is 93.4 cm³/mol. The Morgan fingerprint density at radius 1 is 0.957 bits per heavy atom. The first-order valence-corrected chi connectivity index (χ1v) is 7.75. The van der Waals surface area contributed by atoms with Crippen LogP contribution in [0, 0.1) is 20.8 Å². The summed E-state index contributed by atoms with van der Waals surface area (Å²) in [6, 6.07) is 9.67. The van der Waals surface area contributed by atoms with Crippen LogP contribution in [0.2, 0.25) is 0 Å². The Kier molecular flexibility index (Phi) is 5.32. The second kappa shape index (κ2) is 7.23. The van der Waals surface area contributed by atoms with Crippen molar-refractivity contribution in [2.45, 2.75) is 34.1 Å². The SMILES string of the molecule is C/C(=C\Cc1c(C)c(O)c(C)c(C)c1O)COc1ccccc1. The maximum absolute atomic E-state index is 10.3. The second-order valence-corrected chi connectivity index (χ2v) is 5.91. The number of hydrogen-bond donors (Lipinski definition) is 2. The minimum Gasteiger partial charge on any atom is -0.507 e. The van der Waals surface area contributed by atoms with E-state index in [1.54, 1.807) is 0 Å². The highest BCUT2D eigenvalue weighted by Gasteiger charge is 2.15. The van der Waals surface area contributed by atoms with E-state index in [9.17, 15) is 10.2 Å². The molecule has 0 bridgehead atoms. The van der Waals surface area contributed by atoms with Gasteiger partial charge in [-0.15, -0.1) is 0 Å². The predicted octanol–water partition coefficient (Wildman–Crippen LogP) is 4.59. The molecule has 3 heteroatoms. The van der Waals surface area contributed by atoms with Crippen LogP contribution in [0.3, 0.4) is 0 Å². The number of phenolic OH excluding ortho intramolecular Hbond substituents is 2. The van der Waals surface area contributed by atoms with Gasteiger partial charge >= 0.3 is 0 Å². The van der Waals surface area contributed by atoms with Crippen LogP contribution in [0.5, 0.6) is 17.2 Å². The molecular weight excluding hydrogens is 288 g/mol. The Labute approximate surface area is 137 Å². The Bertz CT molecular complexity index is 686. The molecule has 2 N–H and O–H groups in total. The highest BCUT2D eigenvalue weighted by molar-refractivity contribution is 5.57. The summed E-state index contributed by atoms with van der Waals surface area (Å²) in [6.45, 7) is 7.97. The van der Waals surface area contributed by atoms with Crippen molar-refractivity contribution in [1.29, 1.82) is 0 Å². The number of phenols is 2. The third-order valence-electron chi connectivity index (χ3n) is 4.23. The fraction of sp³-hybridized carbons (Fsp3) is 0.300. The van der Waals surface area contributed by atoms with E-state index < -0.39 is 0 Å². The van der Waals surface area contributed by atoms with Gasteiger partial charge in [-0.2, -0.15) is 0 Å². The van der Waals surface area contributed by atoms with E-state index in [0.29, 0.717) is 13.0 Å². The molecule has 0 aromatic heterocycles. The van der Waals surface area contributed by atoms with Gasteiger partial charge in [0.05, 0.1) is 0 Å². The number of rotatable bonds is 5. The standard InChI is InChI=1S/C20H24O3/c1-13(12-23-17-8-6-5-7-9-17)10-11-18-16(4)19(21)14(2)15(3)20(18)22/h5-10,21-22H,11-12H2,1-4H3/b13-10+. The van der Waals surface area contributed by atoms with Gasteiger partial charge in [-0.05, 0) is 68.5 Å². The number of para-hydroxylation sites is 1. The molecule has 2 aromatic carbocycles. The molecule has 0 aliphatic rings. The number of allylic oxidation sites excluding steroid dienone is 1. The van der Waals surface area contributed by atoms with E-state index in [4.69, 9.17) is 4.74 Å². The zero-order valence-electron chi connectivity index (χ0n) is 14.2. The lowest BCUT2D eigenvalue weighted by Crippen LogP contribution is -2.00. The molecule has 0 saturated heterocycles. The zero-order valence-corrected chi connectivity index (χ0v) is 14.2. The number of aromatic hydroxyl groups is 2. The van der Waals surface area contributed by atoms with E-state index >= 15 is 0 Å². The molecule has 0 heterocycles. The van der Waals surface area contributed by atoms with Gasteiger partial charge in [0.1, 0.15) is 23.9 Å². The summed E-state index contributed by atoms with van der Waals surface area (Å²) in [5, 5.41) is 20.5. The Morgan fingerprint density at radius 3 is 2.22 bits per heavy atom. The molecule has 0 atom stereocenters. The van der Waals surface area contributed by atoms with Gasteiger partial charge in [0, 0.05) is 5.56 Å². The van der Waals surface area contributed by atoms with Gasteiger partial charge in [-0.1, -0.05) is 24.3 Å². The summed E-state index contributed by atoms with van der Waals surface area (Å²) in [5.41, 5.74) is 4.04. The van der Waals surface area contributed by atoms with Crippen LogP contribution >= 0.6 is 0 Å². The van der Waals surface area contributed by atoms with Crippen LogP contribution in [0.1, 0.15) is 29.2 Å². The molecule has 0 aliphatic carbocycles. The lowest BCUT2D eigenvalue weighted by molar-refractivity contribution is 0.351. The number of benzene rings is 2. The van der Waals surface area contributed by atoms with Crippen LogP contribution in [0.4, 0.5) is 0 Å². The monoisotopic (exact) mass is 312 g/mol. The van der Waals surface area contributed by atoms with Crippen molar-refractivity contribution >= 4 is 0 Å². The molecule has 122 valence electrons.